The van der Waals surface area contributed by atoms with E-state index in [1.165, 1.54) is 12.1 Å². The molecule has 7 nitrogen and oxygen atoms in total. The number of benzene rings is 3. The molecule has 1 aromatic heterocycles. The fourth-order valence-corrected chi connectivity index (χ4v) is 5.09. The number of halogens is 1. The quantitative estimate of drug-likeness (QED) is 0.374. The van der Waals surface area contributed by atoms with Crippen molar-refractivity contribution in [2.45, 2.75) is 45.8 Å². The molecule has 3 N–H and O–H groups in total. The molecule has 0 aliphatic carbocycles. The van der Waals surface area contributed by atoms with Gasteiger partial charge < -0.3 is 20.3 Å². The Bertz CT molecular complexity index is 1600. The van der Waals surface area contributed by atoms with Crippen LogP contribution in [0.2, 0.25) is 0 Å². The topological polar surface area (TPSA) is 112 Å². The average molecular weight is 503 g/mol. The van der Waals surface area contributed by atoms with E-state index in [9.17, 15) is 14.7 Å². The lowest BCUT2D eigenvalue weighted by atomic mass is 9.85. The number of ether oxygens (including phenoxy) is 2. The van der Waals surface area contributed by atoms with Crippen molar-refractivity contribution in [3.63, 3.8) is 0 Å². The van der Waals surface area contributed by atoms with E-state index in [2.05, 4.69) is 4.98 Å². The van der Waals surface area contributed by atoms with Gasteiger partial charge in [0.25, 0.3) is 5.91 Å². The van der Waals surface area contributed by atoms with Crippen molar-refractivity contribution in [3.8, 4) is 16.9 Å². The number of nitrogens with zero attached hydrogens (tertiary/aromatic N) is 1. The number of fused-ring (bicyclic) bond motifs is 1. The van der Waals surface area contributed by atoms with Crippen molar-refractivity contribution in [1.29, 1.82) is 0 Å². The molecule has 1 unspecified atom stereocenters. The van der Waals surface area contributed by atoms with Gasteiger partial charge in [-0.1, -0.05) is 6.07 Å². The van der Waals surface area contributed by atoms with Crippen LogP contribution in [0.25, 0.3) is 32.8 Å². The molecule has 2 heterocycles. The summed E-state index contributed by atoms with van der Waals surface area (Å²) in [7, 11) is 0. The van der Waals surface area contributed by atoms with Crippen molar-refractivity contribution in [3.05, 3.63) is 70.7 Å². The number of hydrogen-bond acceptors (Lipinski definition) is 5. The summed E-state index contributed by atoms with van der Waals surface area (Å²) in [5.41, 5.74) is 8.15. The molecule has 0 spiro atoms. The molecule has 1 amide bonds. The monoisotopic (exact) mass is 502 g/mol. The van der Waals surface area contributed by atoms with Gasteiger partial charge in [0.05, 0.1) is 23.3 Å². The second-order valence-corrected chi connectivity index (χ2v) is 10.3. The average Bonchev–Trinajstić information content (AvgIpc) is 2.82. The Hall–Kier alpha value is -4.04. The number of carboxylic acids is 1. The van der Waals surface area contributed by atoms with E-state index in [4.69, 9.17) is 15.2 Å². The Labute approximate surface area is 213 Å². The van der Waals surface area contributed by atoms with Crippen molar-refractivity contribution in [2.24, 2.45) is 5.73 Å². The van der Waals surface area contributed by atoms with Crippen LogP contribution in [0.4, 0.5) is 4.39 Å². The van der Waals surface area contributed by atoms with Gasteiger partial charge in [-0.25, -0.2) is 9.18 Å². The number of carbonyl (C=O) groups is 2. The van der Waals surface area contributed by atoms with Gasteiger partial charge >= 0.3 is 5.97 Å². The zero-order valence-corrected chi connectivity index (χ0v) is 21.0. The number of pyridine rings is 1. The zero-order valence-electron chi connectivity index (χ0n) is 21.0. The van der Waals surface area contributed by atoms with Gasteiger partial charge in [-0.3, -0.25) is 9.78 Å². The van der Waals surface area contributed by atoms with Gasteiger partial charge in [0, 0.05) is 29.1 Å². The smallest absolute Gasteiger partial charge is 0.337 e. The molecule has 0 bridgehead atoms. The van der Waals surface area contributed by atoms with Crippen LogP contribution in [-0.2, 0) is 16.0 Å². The van der Waals surface area contributed by atoms with E-state index in [0.29, 0.717) is 57.3 Å². The van der Waals surface area contributed by atoms with Gasteiger partial charge in [-0.15, -0.1) is 0 Å². The third-order valence-electron chi connectivity index (χ3n) is 6.54. The molecular formula is C29H27FN2O5. The van der Waals surface area contributed by atoms with Crippen molar-refractivity contribution >= 4 is 33.6 Å². The first-order chi connectivity index (χ1) is 17.5. The highest BCUT2D eigenvalue weighted by Gasteiger charge is 2.33. The van der Waals surface area contributed by atoms with Crippen LogP contribution >= 0.6 is 0 Å². The number of carbonyl (C=O) groups excluding carboxylic acids is 1. The van der Waals surface area contributed by atoms with E-state index in [1.54, 1.807) is 40.0 Å². The fourth-order valence-electron chi connectivity index (χ4n) is 5.09. The minimum absolute atomic E-state index is 0.241. The molecule has 8 heteroatoms. The number of primary amides is 1. The van der Waals surface area contributed by atoms with Crippen LogP contribution in [0.3, 0.4) is 0 Å². The number of aryl methyl sites for hydroxylation is 1. The van der Waals surface area contributed by atoms with Crippen LogP contribution in [0.5, 0.6) is 5.75 Å². The number of nitrogens with two attached hydrogens (primary N) is 1. The SMILES string of the molecule is Cc1cc2cc(C(N)=O)c(F)cc2c(-c2ccc3c4c(ccnc24)CCO3)c1C(OC(C)(C)C)C(=O)O. The molecule has 1 aliphatic heterocycles. The number of rotatable bonds is 5. The Morgan fingerprint density at radius 2 is 1.95 bits per heavy atom. The van der Waals surface area contributed by atoms with Crippen molar-refractivity contribution in [1.82, 2.24) is 4.98 Å². The summed E-state index contributed by atoms with van der Waals surface area (Å²) in [5.74, 6) is -2.16. The second-order valence-electron chi connectivity index (χ2n) is 10.3. The summed E-state index contributed by atoms with van der Waals surface area (Å²) in [5, 5.41) is 12.1. The van der Waals surface area contributed by atoms with Crippen LogP contribution in [0, 0.1) is 12.7 Å². The number of carboxylic acid groups (broad SMARTS) is 1. The maximum absolute atomic E-state index is 15.2. The summed E-state index contributed by atoms with van der Waals surface area (Å²) in [6, 6.07) is 9.94. The lowest BCUT2D eigenvalue weighted by Crippen LogP contribution is -2.28. The van der Waals surface area contributed by atoms with E-state index in [-0.39, 0.29) is 5.56 Å². The fraction of sp³-hybridized carbons (Fsp3) is 0.276. The third-order valence-corrected chi connectivity index (χ3v) is 6.54. The van der Waals surface area contributed by atoms with Crippen LogP contribution in [0.1, 0.15) is 53.9 Å². The third kappa shape index (κ3) is 4.27. The molecule has 0 fully saturated rings. The standard InChI is InChI=1S/C29H27FN2O5/c1-14-11-16-12-19(27(31)33)20(30)13-18(16)24(22(14)26(28(34)35)37-29(2,3)4)17-5-6-21-23-15(8-10-36-21)7-9-32-25(17)23/h5-7,9,11-13,26H,8,10H2,1-4H3,(H2,31,33)(H,34,35). The molecule has 4 aromatic rings. The van der Waals surface area contributed by atoms with E-state index in [0.717, 1.165) is 10.9 Å². The van der Waals surface area contributed by atoms with Gasteiger partial charge in [0.1, 0.15) is 11.6 Å². The summed E-state index contributed by atoms with van der Waals surface area (Å²) in [4.78, 5) is 29.1. The molecule has 5 rings (SSSR count). The Morgan fingerprint density at radius 3 is 2.62 bits per heavy atom. The predicted molar refractivity (Wildman–Crippen MR) is 138 cm³/mol. The molecule has 1 aliphatic rings. The van der Waals surface area contributed by atoms with E-state index >= 15 is 4.39 Å². The van der Waals surface area contributed by atoms with Gasteiger partial charge in [0.2, 0.25) is 0 Å². The van der Waals surface area contributed by atoms with Gasteiger partial charge in [-0.05, 0) is 85.5 Å². The second kappa shape index (κ2) is 8.81. The molecule has 37 heavy (non-hydrogen) atoms. The van der Waals surface area contributed by atoms with Crippen molar-refractivity contribution in [2.75, 3.05) is 6.61 Å². The number of aliphatic carboxylic acids is 1. The van der Waals surface area contributed by atoms with Crippen LogP contribution in [0.15, 0.2) is 42.6 Å². The van der Waals surface area contributed by atoms with Crippen LogP contribution < -0.4 is 10.5 Å². The predicted octanol–water partition coefficient (Wildman–Crippen LogP) is 5.48. The first-order valence-corrected chi connectivity index (χ1v) is 12.0. The van der Waals surface area contributed by atoms with Crippen molar-refractivity contribution < 1.29 is 28.6 Å². The van der Waals surface area contributed by atoms with E-state index in [1.807, 2.05) is 18.2 Å². The lowest BCUT2D eigenvalue weighted by Gasteiger charge is -2.29. The maximum atomic E-state index is 15.2. The summed E-state index contributed by atoms with van der Waals surface area (Å²) >= 11 is 0. The normalized spacial score (nSPS) is 14.0. The first kappa shape index (κ1) is 24.6. The largest absolute Gasteiger partial charge is 0.493 e. The zero-order chi connectivity index (χ0) is 26.6. The minimum Gasteiger partial charge on any atom is -0.493 e. The van der Waals surface area contributed by atoms with E-state index < -0.39 is 29.4 Å². The maximum Gasteiger partial charge on any atom is 0.337 e. The Kier molecular flexibility index (Phi) is 5.87. The Morgan fingerprint density at radius 1 is 1.19 bits per heavy atom. The van der Waals surface area contributed by atoms with Gasteiger partial charge in [-0.2, -0.15) is 0 Å². The highest BCUT2D eigenvalue weighted by molar-refractivity contribution is 6.10. The van der Waals surface area contributed by atoms with Crippen LogP contribution in [-0.4, -0.2) is 34.2 Å². The summed E-state index contributed by atoms with van der Waals surface area (Å²) in [6.45, 7) is 7.65. The number of amides is 1. The lowest BCUT2D eigenvalue weighted by molar-refractivity contribution is -0.160. The Balaban J connectivity index is 1.95. The molecule has 0 radical (unpaired) electrons. The minimum atomic E-state index is -1.35. The van der Waals surface area contributed by atoms with Gasteiger partial charge in [0.15, 0.2) is 6.10 Å². The highest BCUT2D eigenvalue weighted by Crippen LogP contribution is 2.45. The summed E-state index contributed by atoms with van der Waals surface area (Å²) < 4.78 is 27.1. The highest BCUT2D eigenvalue weighted by atomic mass is 19.1. The molecule has 1 atom stereocenters. The molecular weight excluding hydrogens is 475 g/mol. The first-order valence-electron chi connectivity index (χ1n) is 12.0. The summed E-state index contributed by atoms with van der Waals surface area (Å²) in [6.07, 6.45) is 1.07. The molecule has 0 saturated carbocycles. The molecule has 3 aromatic carbocycles. The number of hydrogen-bond donors (Lipinski definition) is 2. The number of aromatic nitrogens is 1. The molecule has 190 valence electrons. The molecule has 0 saturated heterocycles.